The summed E-state index contributed by atoms with van der Waals surface area (Å²) in [6, 6.07) is 1.62. The van der Waals surface area contributed by atoms with Gasteiger partial charge in [-0.1, -0.05) is 0 Å². The van der Waals surface area contributed by atoms with E-state index in [0.717, 1.165) is 19.4 Å². The highest BCUT2D eigenvalue weighted by molar-refractivity contribution is 5.92. The molecule has 2 aliphatic rings. The van der Waals surface area contributed by atoms with Crippen LogP contribution in [0.5, 0.6) is 0 Å². The molecule has 0 radical (unpaired) electrons. The molecule has 0 saturated carbocycles. The Balaban J connectivity index is 1.84. The van der Waals surface area contributed by atoms with Crippen molar-refractivity contribution in [3.8, 4) is 0 Å². The zero-order valence-electron chi connectivity index (χ0n) is 12.7. The van der Waals surface area contributed by atoms with Crippen molar-refractivity contribution < 1.29 is 9.59 Å². The maximum Gasteiger partial charge on any atom is 0.347 e. The predicted molar refractivity (Wildman–Crippen MR) is 79.0 cm³/mol. The van der Waals surface area contributed by atoms with Gasteiger partial charge in [-0.3, -0.25) is 14.2 Å². The number of carbonyl (C=O) groups excluding carboxylic acids is 2. The van der Waals surface area contributed by atoms with Gasteiger partial charge < -0.3 is 9.80 Å². The molecule has 1 spiro atoms. The summed E-state index contributed by atoms with van der Waals surface area (Å²) >= 11 is 0. The minimum Gasteiger partial charge on any atom is -0.344 e. The van der Waals surface area contributed by atoms with E-state index in [2.05, 4.69) is 4.98 Å². The van der Waals surface area contributed by atoms with Crippen molar-refractivity contribution in [1.29, 1.82) is 0 Å². The summed E-state index contributed by atoms with van der Waals surface area (Å²) in [5.41, 5.74) is -1.15. The van der Waals surface area contributed by atoms with Gasteiger partial charge in [-0.05, 0) is 31.7 Å². The lowest BCUT2D eigenvalue weighted by molar-refractivity contribution is -0.154. The molecule has 1 aromatic rings. The summed E-state index contributed by atoms with van der Waals surface area (Å²) in [7, 11) is 1.79. The average Bonchev–Trinajstić information content (AvgIpc) is 2.92. The fourth-order valence-electron chi connectivity index (χ4n) is 3.64. The highest BCUT2D eigenvalue weighted by atomic mass is 16.2. The van der Waals surface area contributed by atoms with Gasteiger partial charge in [-0.15, -0.1) is 0 Å². The molecular weight excluding hydrogens is 284 g/mol. The maximum atomic E-state index is 12.7. The van der Waals surface area contributed by atoms with E-state index in [1.807, 2.05) is 0 Å². The molecule has 2 aliphatic heterocycles. The van der Waals surface area contributed by atoms with Crippen LogP contribution in [-0.4, -0.2) is 56.8 Å². The molecule has 1 aromatic heterocycles. The number of carbonyl (C=O) groups is 2. The number of hydrogen-bond acceptors (Lipinski definition) is 4. The van der Waals surface area contributed by atoms with Crippen molar-refractivity contribution in [2.24, 2.45) is 0 Å². The predicted octanol–water partition coefficient (Wildman–Crippen LogP) is -0.143. The first-order valence-electron chi connectivity index (χ1n) is 7.62. The Morgan fingerprint density at radius 3 is 2.73 bits per heavy atom. The largest absolute Gasteiger partial charge is 0.347 e. The fraction of sp³-hybridized carbons (Fsp3) is 0.600. The van der Waals surface area contributed by atoms with E-state index in [9.17, 15) is 14.4 Å². The lowest BCUT2D eigenvalue weighted by atomic mass is 9.85. The summed E-state index contributed by atoms with van der Waals surface area (Å²) in [6.45, 7) is 1.25. The minimum absolute atomic E-state index is 0.0307. The second-order valence-electron chi connectivity index (χ2n) is 6.04. The van der Waals surface area contributed by atoms with Gasteiger partial charge in [0.1, 0.15) is 12.1 Å². The normalized spacial score (nSPS) is 25.0. The maximum absolute atomic E-state index is 12.7. The summed E-state index contributed by atoms with van der Waals surface area (Å²) < 4.78 is 1.28. The van der Waals surface area contributed by atoms with Crippen LogP contribution in [0.2, 0.25) is 0 Å². The van der Waals surface area contributed by atoms with Crippen LogP contribution >= 0.6 is 0 Å². The van der Waals surface area contributed by atoms with Crippen LogP contribution in [0.1, 0.15) is 25.7 Å². The number of likely N-dealkylation sites (tertiary alicyclic amines) is 2. The third kappa shape index (κ3) is 2.30. The molecule has 2 saturated heterocycles. The van der Waals surface area contributed by atoms with Gasteiger partial charge in [0.2, 0.25) is 11.8 Å². The van der Waals surface area contributed by atoms with E-state index in [4.69, 9.17) is 0 Å². The molecule has 3 heterocycles. The molecule has 0 bridgehead atoms. The molecule has 7 nitrogen and oxygen atoms in total. The quantitative estimate of drug-likeness (QED) is 0.762. The van der Waals surface area contributed by atoms with Crippen LogP contribution in [0.25, 0.3) is 0 Å². The van der Waals surface area contributed by atoms with Gasteiger partial charge in [0.05, 0.1) is 0 Å². The average molecular weight is 304 g/mol. The van der Waals surface area contributed by atoms with Gasteiger partial charge >= 0.3 is 5.69 Å². The van der Waals surface area contributed by atoms with E-state index >= 15 is 0 Å². The number of likely N-dealkylation sites (N-methyl/N-ethyl adjacent to an activating group) is 1. The van der Waals surface area contributed by atoms with Crippen LogP contribution in [0, 0.1) is 0 Å². The molecular formula is C15H20N4O3. The monoisotopic (exact) mass is 304 g/mol. The van der Waals surface area contributed by atoms with Crippen LogP contribution < -0.4 is 5.69 Å². The Morgan fingerprint density at radius 2 is 2.00 bits per heavy atom. The Labute approximate surface area is 128 Å². The Kier molecular flexibility index (Phi) is 3.72. The van der Waals surface area contributed by atoms with Crippen molar-refractivity contribution in [2.75, 3.05) is 20.1 Å². The third-order valence-electron chi connectivity index (χ3n) is 4.71. The number of amides is 2. The summed E-state index contributed by atoms with van der Waals surface area (Å²) in [6.07, 6.45) is 6.10. The molecule has 1 unspecified atom stereocenters. The van der Waals surface area contributed by atoms with Crippen LogP contribution in [0.4, 0.5) is 0 Å². The van der Waals surface area contributed by atoms with E-state index in [1.54, 1.807) is 29.1 Å². The van der Waals surface area contributed by atoms with Crippen LogP contribution in [0.3, 0.4) is 0 Å². The van der Waals surface area contributed by atoms with E-state index in [-0.39, 0.29) is 18.4 Å². The van der Waals surface area contributed by atoms with Crippen molar-refractivity contribution in [1.82, 2.24) is 19.4 Å². The van der Waals surface area contributed by atoms with E-state index in [0.29, 0.717) is 19.4 Å². The third-order valence-corrected chi connectivity index (χ3v) is 4.71. The summed E-state index contributed by atoms with van der Waals surface area (Å²) in [5, 5.41) is 0. The van der Waals surface area contributed by atoms with Crippen molar-refractivity contribution >= 4 is 11.8 Å². The molecule has 0 N–H and O–H groups in total. The molecule has 0 aliphatic carbocycles. The molecule has 7 heteroatoms. The smallest absolute Gasteiger partial charge is 0.344 e. The Hall–Kier alpha value is -2.18. The number of piperidine rings is 1. The summed E-state index contributed by atoms with van der Waals surface area (Å²) in [5.74, 6) is -0.153. The second-order valence-corrected chi connectivity index (χ2v) is 6.04. The minimum atomic E-state index is -0.699. The first-order valence-corrected chi connectivity index (χ1v) is 7.62. The summed E-state index contributed by atoms with van der Waals surface area (Å²) in [4.78, 5) is 44.0. The first kappa shape index (κ1) is 14.7. The van der Waals surface area contributed by atoms with Gasteiger partial charge in [-0.2, -0.15) is 0 Å². The van der Waals surface area contributed by atoms with Crippen molar-refractivity contribution in [3.05, 3.63) is 28.9 Å². The van der Waals surface area contributed by atoms with Gasteiger partial charge in [0.25, 0.3) is 0 Å². The number of aromatic nitrogens is 2. The Bertz CT molecular complexity index is 656. The van der Waals surface area contributed by atoms with Gasteiger partial charge in [-0.25, -0.2) is 9.78 Å². The zero-order chi connectivity index (χ0) is 15.7. The highest BCUT2D eigenvalue weighted by Crippen LogP contribution is 2.37. The van der Waals surface area contributed by atoms with E-state index < -0.39 is 11.2 Å². The van der Waals surface area contributed by atoms with Crippen molar-refractivity contribution in [3.63, 3.8) is 0 Å². The van der Waals surface area contributed by atoms with Gasteiger partial charge in [0, 0.05) is 32.5 Å². The molecule has 2 amide bonds. The van der Waals surface area contributed by atoms with Gasteiger partial charge in [0.15, 0.2) is 0 Å². The Morgan fingerprint density at radius 1 is 1.27 bits per heavy atom. The van der Waals surface area contributed by atoms with Crippen LogP contribution in [-0.2, 0) is 16.1 Å². The lowest BCUT2D eigenvalue weighted by Crippen LogP contribution is -2.61. The van der Waals surface area contributed by atoms with Crippen LogP contribution in [0.15, 0.2) is 23.3 Å². The highest BCUT2D eigenvalue weighted by Gasteiger charge is 2.51. The SMILES string of the molecule is CN1CCCC2(CCCN2C(=O)Cn2cccnc2=O)C1=O. The molecule has 2 fully saturated rings. The zero-order valence-corrected chi connectivity index (χ0v) is 12.7. The van der Waals surface area contributed by atoms with E-state index in [1.165, 1.54) is 10.8 Å². The molecule has 1 atom stereocenters. The number of rotatable bonds is 2. The topological polar surface area (TPSA) is 75.5 Å². The standard InChI is InChI=1S/C15H20N4O3/c1-17-8-2-5-15(13(17)21)6-3-10-19(15)12(20)11-18-9-4-7-16-14(18)22/h4,7,9H,2-3,5-6,8,10-11H2,1H3. The fourth-order valence-corrected chi connectivity index (χ4v) is 3.64. The lowest BCUT2D eigenvalue weighted by Gasteiger charge is -2.43. The second kappa shape index (κ2) is 5.55. The molecule has 118 valence electrons. The molecule has 0 aromatic carbocycles. The van der Waals surface area contributed by atoms with Crippen molar-refractivity contribution in [2.45, 2.75) is 37.8 Å². The first-order chi connectivity index (χ1) is 10.5. The number of hydrogen-bond donors (Lipinski definition) is 0. The number of nitrogens with zero attached hydrogens (tertiary/aromatic N) is 4. The molecule has 22 heavy (non-hydrogen) atoms. The molecule has 3 rings (SSSR count).